The van der Waals surface area contributed by atoms with Crippen molar-refractivity contribution >= 4 is 5.78 Å². The van der Waals surface area contributed by atoms with Gasteiger partial charge in [0.2, 0.25) is 0 Å². The normalized spacial score (nSPS) is 22.8. The number of piperidine rings is 1. The molecule has 3 nitrogen and oxygen atoms in total. The van der Waals surface area contributed by atoms with Crippen LogP contribution in [0.2, 0.25) is 0 Å². The number of pyridine rings is 1. The maximum Gasteiger partial charge on any atom is 0.157 e. The molecular formula is C17H24N2O. The maximum absolute atomic E-state index is 13.0. The van der Waals surface area contributed by atoms with Crippen molar-refractivity contribution < 1.29 is 4.79 Å². The van der Waals surface area contributed by atoms with E-state index in [1.54, 1.807) is 12.4 Å². The first-order chi connectivity index (χ1) is 9.81. The first kappa shape index (κ1) is 13.7. The van der Waals surface area contributed by atoms with Crippen molar-refractivity contribution in [3.8, 4) is 0 Å². The lowest BCUT2D eigenvalue weighted by molar-refractivity contribution is -0.131. The highest BCUT2D eigenvalue weighted by Gasteiger charge is 2.45. The van der Waals surface area contributed by atoms with Gasteiger partial charge in [0.15, 0.2) is 5.78 Å². The highest BCUT2D eigenvalue weighted by molar-refractivity contribution is 5.90. The smallest absolute Gasteiger partial charge is 0.157 e. The predicted octanol–water partition coefficient (Wildman–Crippen LogP) is 2.99. The minimum atomic E-state index is -0.149. The summed E-state index contributed by atoms with van der Waals surface area (Å²) in [6.07, 6.45) is 12.5. The molecule has 2 aliphatic rings. The second-order valence-electron chi connectivity index (χ2n) is 6.24. The Balaban J connectivity index is 1.77. The summed E-state index contributed by atoms with van der Waals surface area (Å²) in [5.41, 5.74) is 0.956. The highest BCUT2D eigenvalue weighted by atomic mass is 16.1. The molecule has 3 rings (SSSR count). The van der Waals surface area contributed by atoms with Crippen molar-refractivity contribution in [2.24, 2.45) is 0 Å². The van der Waals surface area contributed by atoms with Crippen LogP contribution in [-0.4, -0.2) is 34.3 Å². The predicted molar refractivity (Wildman–Crippen MR) is 79.6 cm³/mol. The van der Waals surface area contributed by atoms with Crippen molar-refractivity contribution in [3.05, 3.63) is 30.1 Å². The van der Waals surface area contributed by atoms with Crippen LogP contribution in [0.5, 0.6) is 0 Å². The van der Waals surface area contributed by atoms with Gasteiger partial charge in [-0.05, 0) is 56.5 Å². The fraction of sp³-hybridized carbons (Fsp3) is 0.647. The monoisotopic (exact) mass is 272 g/mol. The number of likely N-dealkylation sites (tertiary alicyclic amines) is 1. The van der Waals surface area contributed by atoms with Gasteiger partial charge in [-0.15, -0.1) is 0 Å². The van der Waals surface area contributed by atoms with E-state index in [0.29, 0.717) is 12.2 Å². The van der Waals surface area contributed by atoms with Crippen LogP contribution in [0.25, 0.3) is 0 Å². The van der Waals surface area contributed by atoms with Crippen molar-refractivity contribution in [1.29, 1.82) is 0 Å². The molecule has 0 aromatic carbocycles. The van der Waals surface area contributed by atoms with Crippen molar-refractivity contribution in [1.82, 2.24) is 9.88 Å². The number of aromatic nitrogens is 1. The summed E-state index contributed by atoms with van der Waals surface area (Å²) < 4.78 is 0. The van der Waals surface area contributed by atoms with E-state index in [1.807, 2.05) is 12.1 Å². The molecule has 20 heavy (non-hydrogen) atoms. The highest BCUT2D eigenvalue weighted by Crippen LogP contribution is 2.38. The Labute approximate surface area is 121 Å². The van der Waals surface area contributed by atoms with Crippen LogP contribution >= 0.6 is 0 Å². The Morgan fingerprint density at radius 3 is 2.35 bits per heavy atom. The molecule has 0 bridgehead atoms. The summed E-state index contributed by atoms with van der Waals surface area (Å²) in [6.45, 7) is 2.23. The second kappa shape index (κ2) is 6.04. The Bertz CT molecular complexity index is 445. The van der Waals surface area contributed by atoms with Gasteiger partial charge in [0.25, 0.3) is 0 Å². The number of rotatable bonds is 4. The summed E-state index contributed by atoms with van der Waals surface area (Å²) in [6, 6.07) is 3.94. The molecule has 108 valence electrons. The Kier molecular flexibility index (Phi) is 4.16. The fourth-order valence-corrected chi connectivity index (χ4v) is 3.90. The molecule has 1 saturated heterocycles. The summed E-state index contributed by atoms with van der Waals surface area (Å²) in [7, 11) is 0. The van der Waals surface area contributed by atoms with Gasteiger partial charge in [0, 0.05) is 18.8 Å². The van der Waals surface area contributed by atoms with E-state index in [9.17, 15) is 4.79 Å². The molecule has 1 aromatic heterocycles. The van der Waals surface area contributed by atoms with E-state index in [-0.39, 0.29) is 5.54 Å². The molecule has 0 N–H and O–H groups in total. The van der Waals surface area contributed by atoms with Crippen LogP contribution in [0.15, 0.2) is 24.5 Å². The Morgan fingerprint density at radius 1 is 1.05 bits per heavy atom. The third-order valence-electron chi connectivity index (χ3n) is 5.03. The third kappa shape index (κ3) is 2.64. The summed E-state index contributed by atoms with van der Waals surface area (Å²) in [5, 5.41) is 0. The molecule has 1 saturated carbocycles. The maximum atomic E-state index is 13.0. The van der Waals surface area contributed by atoms with E-state index in [1.165, 1.54) is 32.1 Å². The van der Waals surface area contributed by atoms with Crippen LogP contribution in [-0.2, 0) is 11.2 Å². The van der Waals surface area contributed by atoms with Gasteiger partial charge < -0.3 is 0 Å². The zero-order chi connectivity index (χ0) is 13.8. The quantitative estimate of drug-likeness (QED) is 0.845. The summed E-state index contributed by atoms with van der Waals surface area (Å²) in [5.74, 6) is 0.433. The van der Waals surface area contributed by atoms with Gasteiger partial charge in [-0.25, -0.2) is 0 Å². The number of carbonyl (C=O) groups is 1. The number of ketones is 1. The zero-order valence-corrected chi connectivity index (χ0v) is 12.2. The SMILES string of the molecule is O=C(Cc1ccncc1)C1(N2CCCCC2)CCCC1. The van der Waals surface area contributed by atoms with E-state index in [0.717, 1.165) is 31.5 Å². The molecule has 1 aromatic rings. The minimum Gasteiger partial charge on any atom is -0.297 e. The molecule has 1 aliphatic carbocycles. The molecule has 0 amide bonds. The third-order valence-corrected chi connectivity index (χ3v) is 5.03. The topological polar surface area (TPSA) is 33.2 Å². The standard InChI is InChI=1S/C17H24N2O/c20-16(14-15-6-10-18-11-7-15)17(8-2-3-9-17)19-12-4-1-5-13-19/h6-7,10-11H,1-5,8-9,12-14H2. The zero-order valence-electron chi connectivity index (χ0n) is 12.2. The Hall–Kier alpha value is -1.22. The molecule has 3 heteroatoms. The average molecular weight is 272 g/mol. The van der Waals surface area contributed by atoms with E-state index in [4.69, 9.17) is 0 Å². The first-order valence-corrected chi connectivity index (χ1v) is 7.98. The molecule has 2 heterocycles. The van der Waals surface area contributed by atoms with E-state index < -0.39 is 0 Å². The number of Topliss-reactive ketones (excluding diaryl/α,β-unsaturated/α-hetero) is 1. The molecule has 0 spiro atoms. The fourth-order valence-electron chi connectivity index (χ4n) is 3.90. The van der Waals surface area contributed by atoms with Gasteiger partial charge >= 0.3 is 0 Å². The van der Waals surface area contributed by atoms with Crippen LogP contribution in [0.4, 0.5) is 0 Å². The molecule has 0 radical (unpaired) electrons. The van der Waals surface area contributed by atoms with Crippen molar-refractivity contribution in [3.63, 3.8) is 0 Å². The van der Waals surface area contributed by atoms with E-state index >= 15 is 0 Å². The number of hydrogen-bond acceptors (Lipinski definition) is 3. The van der Waals surface area contributed by atoms with E-state index in [2.05, 4.69) is 9.88 Å². The van der Waals surface area contributed by atoms with Crippen molar-refractivity contribution in [2.75, 3.05) is 13.1 Å². The molecule has 0 atom stereocenters. The van der Waals surface area contributed by atoms with Gasteiger partial charge in [-0.2, -0.15) is 0 Å². The first-order valence-electron chi connectivity index (χ1n) is 7.98. The second-order valence-corrected chi connectivity index (χ2v) is 6.24. The van der Waals surface area contributed by atoms with Crippen molar-refractivity contribution in [2.45, 2.75) is 56.9 Å². The summed E-state index contributed by atoms with van der Waals surface area (Å²) >= 11 is 0. The van der Waals surface area contributed by atoms with Crippen LogP contribution < -0.4 is 0 Å². The number of nitrogens with zero attached hydrogens (tertiary/aromatic N) is 2. The van der Waals surface area contributed by atoms with Crippen LogP contribution in [0.3, 0.4) is 0 Å². The van der Waals surface area contributed by atoms with Gasteiger partial charge in [-0.3, -0.25) is 14.7 Å². The lowest BCUT2D eigenvalue weighted by atomic mass is 9.85. The van der Waals surface area contributed by atoms with Crippen LogP contribution in [0.1, 0.15) is 50.5 Å². The number of hydrogen-bond donors (Lipinski definition) is 0. The molecule has 2 fully saturated rings. The number of carbonyl (C=O) groups excluding carboxylic acids is 1. The largest absolute Gasteiger partial charge is 0.297 e. The lowest BCUT2D eigenvalue weighted by Gasteiger charge is -2.42. The summed E-state index contributed by atoms with van der Waals surface area (Å²) in [4.78, 5) is 19.5. The Morgan fingerprint density at radius 2 is 1.70 bits per heavy atom. The van der Waals surface area contributed by atoms with Gasteiger partial charge in [0.1, 0.15) is 0 Å². The minimum absolute atomic E-state index is 0.149. The van der Waals surface area contributed by atoms with Gasteiger partial charge in [0.05, 0.1) is 5.54 Å². The van der Waals surface area contributed by atoms with Crippen LogP contribution in [0, 0.1) is 0 Å². The lowest BCUT2D eigenvalue weighted by Crippen LogP contribution is -2.55. The van der Waals surface area contributed by atoms with Gasteiger partial charge in [-0.1, -0.05) is 19.3 Å². The molecule has 0 unspecified atom stereocenters. The average Bonchev–Trinajstić information content (AvgIpc) is 3.00. The molecular weight excluding hydrogens is 248 g/mol. The molecule has 1 aliphatic heterocycles.